The van der Waals surface area contributed by atoms with Gasteiger partial charge in [0.15, 0.2) is 0 Å². The smallest absolute Gasteiger partial charge is 0.320 e. The zero-order valence-electron chi connectivity index (χ0n) is 6.52. The molecule has 0 heterocycles. The maximum atomic E-state index is 11.0. The van der Waals surface area contributed by atoms with E-state index in [1.165, 1.54) is 0 Å². The SMILES string of the molecule is CCOC(=O)C(CC(=O)O)SS. The number of esters is 1. The van der Waals surface area contributed by atoms with Crippen LogP contribution in [0.5, 0.6) is 0 Å². The highest BCUT2D eigenvalue weighted by Gasteiger charge is 2.22. The minimum absolute atomic E-state index is 0.253. The van der Waals surface area contributed by atoms with Crippen LogP contribution in [0.1, 0.15) is 13.3 Å². The van der Waals surface area contributed by atoms with Crippen LogP contribution in [0.4, 0.5) is 0 Å². The summed E-state index contributed by atoms with van der Waals surface area (Å²) in [5.41, 5.74) is 0. The molecule has 0 saturated carbocycles. The lowest BCUT2D eigenvalue weighted by molar-refractivity contribution is -0.146. The molecule has 0 bridgehead atoms. The van der Waals surface area contributed by atoms with E-state index in [2.05, 4.69) is 16.4 Å². The number of carbonyl (C=O) groups is 2. The van der Waals surface area contributed by atoms with Crippen LogP contribution >= 0.6 is 22.5 Å². The van der Waals surface area contributed by atoms with Crippen LogP contribution in [0.15, 0.2) is 0 Å². The van der Waals surface area contributed by atoms with Gasteiger partial charge in [-0.05, 0) is 6.92 Å². The Morgan fingerprint density at radius 2 is 2.25 bits per heavy atom. The van der Waals surface area contributed by atoms with E-state index in [0.29, 0.717) is 0 Å². The van der Waals surface area contributed by atoms with Crippen molar-refractivity contribution < 1.29 is 19.4 Å². The highest BCUT2D eigenvalue weighted by molar-refractivity contribution is 8.69. The summed E-state index contributed by atoms with van der Waals surface area (Å²) in [6, 6.07) is 0. The molecule has 0 aromatic carbocycles. The second kappa shape index (κ2) is 6.19. The van der Waals surface area contributed by atoms with Crippen molar-refractivity contribution in [2.45, 2.75) is 18.6 Å². The average molecular weight is 210 g/mol. The first-order chi connectivity index (χ1) is 5.61. The number of rotatable bonds is 5. The summed E-state index contributed by atoms with van der Waals surface area (Å²) in [4.78, 5) is 21.2. The van der Waals surface area contributed by atoms with Crippen LogP contribution in [-0.4, -0.2) is 28.9 Å². The lowest BCUT2D eigenvalue weighted by Gasteiger charge is -2.08. The first kappa shape index (κ1) is 11.6. The molecule has 0 aromatic heterocycles. The van der Waals surface area contributed by atoms with E-state index >= 15 is 0 Å². The summed E-state index contributed by atoms with van der Waals surface area (Å²) in [6.07, 6.45) is -0.257. The number of carboxylic acids is 1. The fourth-order valence-electron chi connectivity index (χ4n) is 0.557. The van der Waals surface area contributed by atoms with E-state index < -0.39 is 17.2 Å². The van der Waals surface area contributed by atoms with Gasteiger partial charge in [0.1, 0.15) is 5.25 Å². The highest BCUT2D eigenvalue weighted by atomic mass is 33.1. The quantitative estimate of drug-likeness (QED) is 0.402. The summed E-state index contributed by atoms with van der Waals surface area (Å²) in [5.74, 6) is -1.56. The molecule has 0 spiro atoms. The first-order valence-corrected chi connectivity index (χ1v) is 5.23. The van der Waals surface area contributed by atoms with Crippen LogP contribution in [-0.2, 0) is 14.3 Å². The molecular weight excluding hydrogens is 200 g/mol. The van der Waals surface area contributed by atoms with Crippen molar-refractivity contribution in [2.75, 3.05) is 6.61 Å². The Hall–Kier alpha value is -0.360. The van der Waals surface area contributed by atoms with Crippen molar-refractivity contribution in [1.29, 1.82) is 0 Å². The fraction of sp³-hybridized carbons (Fsp3) is 0.667. The van der Waals surface area contributed by atoms with Gasteiger partial charge in [0.2, 0.25) is 0 Å². The molecule has 0 rings (SSSR count). The maximum Gasteiger partial charge on any atom is 0.320 e. The van der Waals surface area contributed by atoms with Crippen LogP contribution in [0.3, 0.4) is 0 Å². The van der Waals surface area contributed by atoms with Gasteiger partial charge in [0.25, 0.3) is 0 Å². The molecule has 70 valence electrons. The Morgan fingerprint density at radius 1 is 1.67 bits per heavy atom. The number of aliphatic carboxylic acids is 1. The molecule has 0 aromatic rings. The summed E-state index contributed by atoms with van der Waals surface area (Å²) in [5, 5.41) is 7.66. The minimum atomic E-state index is -1.03. The van der Waals surface area contributed by atoms with E-state index in [0.717, 1.165) is 10.8 Å². The van der Waals surface area contributed by atoms with Gasteiger partial charge in [0.05, 0.1) is 13.0 Å². The monoisotopic (exact) mass is 210 g/mol. The van der Waals surface area contributed by atoms with Gasteiger partial charge in [0, 0.05) is 0 Å². The minimum Gasteiger partial charge on any atom is -0.481 e. The zero-order chi connectivity index (χ0) is 9.56. The lowest BCUT2D eigenvalue weighted by atomic mass is 10.3. The standard InChI is InChI=1S/C6H10O4S2/c1-2-10-6(9)4(12-11)3-5(7)8/h4,11H,2-3H2,1H3,(H,7,8). The van der Waals surface area contributed by atoms with Crippen molar-refractivity contribution in [3.8, 4) is 0 Å². The number of hydrogen-bond acceptors (Lipinski definition) is 5. The highest BCUT2D eigenvalue weighted by Crippen LogP contribution is 2.19. The Bertz CT molecular complexity index is 171. The molecule has 12 heavy (non-hydrogen) atoms. The topological polar surface area (TPSA) is 63.6 Å². The van der Waals surface area contributed by atoms with E-state index in [-0.39, 0.29) is 13.0 Å². The second-order valence-electron chi connectivity index (χ2n) is 1.94. The molecule has 6 heteroatoms. The van der Waals surface area contributed by atoms with Crippen LogP contribution < -0.4 is 0 Å². The molecule has 1 atom stereocenters. The van der Waals surface area contributed by atoms with Crippen LogP contribution in [0, 0.1) is 0 Å². The van der Waals surface area contributed by atoms with Gasteiger partial charge in [-0.3, -0.25) is 9.59 Å². The summed E-state index contributed by atoms with van der Waals surface area (Å²) < 4.78 is 4.62. The van der Waals surface area contributed by atoms with Crippen LogP contribution in [0.2, 0.25) is 0 Å². The Morgan fingerprint density at radius 3 is 2.58 bits per heavy atom. The predicted molar refractivity (Wildman–Crippen MR) is 49.3 cm³/mol. The molecular formula is C6H10O4S2. The number of ether oxygens (including phenoxy) is 1. The number of hydrogen-bond donors (Lipinski definition) is 2. The van der Waals surface area contributed by atoms with Crippen molar-refractivity contribution in [3.05, 3.63) is 0 Å². The molecule has 4 nitrogen and oxygen atoms in total. The predicted octanol–water partition coefficient (Wildman–Crippen LogP) is 0.971. The van der Waals surface area contributed by atoms with Crippen molar-refractivity contribution in [2.24, 2.45) is 0 Å². The van der Waals surface area contributed by atoms with E-state index in [1.807, 2.05) is 0 Å². The molecule has 0 aliphatic heterocycles. The first-order valence-electron chi connectivity index (χ1n) is 3.30. The Balaban J connectivity index is 3.96. The molecule has 1 unspecified atom stereocenters. The summed E-state index contributed by atoms with van der Waals surface area (Å²) >= 11 is 3.77. The van der Waals surface area contributed by atoms with Gasteiger partial charge in [-0.1, -0.05) is 10.8 Å². The molecule has 0 amide bonds. The normalized spacial score (nSPS) is 12.2. The largest absolute Gasteiger partial charge is 0.481 e. The van der Waals surface area contributed by atoms with Crippen molar-refractivity contribution >= 4 is 34.4 Å². The van der Waals surface area contributed by atoms with E-state index in [9.17, 15) is 9.59 Å². The Labute approximate surface area is 79.5 Å². The van der Waals surface area contributed by atoms with Gasteiger partial charge < -0.3 is 9.84 Å². The van der Waals surface area contributed by atoms with Gasteiger partial charge >= 0.3 is 11.9 Å². The molecule has 0 aliphatic carbocycles. The van der Waals surface area contributed by atoms with Crippen molar-refractivity contribution in [3.63, 3.8) is 0 Å². The maximum absolute atomic E-state index is 11.0. The fourth-order valence-corrected chi connectivity index (χ4v) is 1.41. The molecule has 0 radical (unpaired) electrons. The van der Waals surface area contributed by atoms with E-state index in [1.54, 1.807) is 6.92 Å². The molecule has 1 N–H and O–H groups in total. The van der Waals surface area contributed by atoms with Gasteiger partial charge in [-0.15, -0.1) is 11.7 Å². The van der Waals surface area contributed by atoms with E-state index in [4.69, 9.17) is 5.11 Å². The third-order valence-electron chi connectivity index (χ3n) is 1.04. The number of thiol groups is 1. The van der Waals surface area contributed by atoms with Crippen molar-refractivity contribution in [1.82, 2.24) is 0 Å². The van der Waals surface area contributed by atoms with Gasteiger partial charge in [-0.25, -0.2) is 0 Å². The number of carbonyl (C=O) groups excluding carboxylic acids is 1. The molecule has 0 aliphatic rings. The molecule has 0 fully saturated rings. The third kappa shape index (κ3) is 4.50. The number of carboxylic acid groups (broad SMARTS) is 1. The summed E-state index contributed by atoms with van der Waals surface area (Å²) in [6.45, 7) is 1.92. The third-order valence-corrected chi connectivity index (χ3v) is 2.41. The lowest BCUT2D eigenvalue weighted by Crippen LogP contribution is -2.22. The van der Waals surface area contributed by atoms with Crippen LogP contribution in [0.25, 0.3) is 0 Å². The summed E-state index contributed by atoms with van der Waals surface area (Å²) in [7, 11) is 0.885. The average Bonchev–Trinajstić information content (AvgIpc) is 2.00. The zero-order valence-corrected chi connectivity index (χ0v) is 8.23. The molecule has 0 saturated heterocycles. The van der Waals surface area contributed by atoms with Gasteiger partial charge in [-0.2, -0.15) is 0 Å². The Kier molecular flexibility index (Phi) is 6.00. The second-order valence-corrected chi connectivity index (χ2v) is 3.36.